The van der Waals surface area contributed by atoms with Crippen LogP contribution in [0.2, 0.25) is 0 Å². The van der Waals surface area contributed by atoms with Gasteiger partial charge in [-0.2, -0.15) is 0 Å². The van der Waals surface area contributed by atoms with E-state index < -0.39 is 7.82 Å². The molecule has 5 nitrogen and oxygen atoms in total. The van der Waals surface area contributed by atoms with Gasteiger partial charge in [0.2, 0.25) is 0 Å². The molecular formula is H9AlCoLiNiO5P. The van der Waals surface area contributed by atoms with E-state index in [0.717, 1.165) is 0 Å². The maximum atomic E-state index is 8.88. The molecule has 0 aliphatic heterocycles. The molecule has 0 spiro atoms. The zero-order valence-electron chi connectivity index (χ0n) is 3.35. The van der Waals surface area contributed by atoms with Crippen molar-refractivity contribution in [2.45, 2.75) is 0 Å². The topological polar surface area (TPSA) is 109 Å². The fourth-order valence-electron chi connectivity index (χ4n) is 0. The summed E-state index contributed by atoms with van der Waals surface area (Å²) in [5.74, 6) is 0. The summed E-state index contributed by atoms with van der Waals surface area (Å²) >= 11 is 0. The van der Waals surface area contributed by atoms with E-state index in [-0.39, 0.29) is 75.0 Å². The zero-order valence-corrected chi connectivity index (χ0v) is 6.27. The third-order valence-electron chi connectivity index (χ3n) is 0. The Kier molecular flexibility index (Phi) is 69.0. The fraction of sp³-hybridized carbons (Fsp3) is 0. The maximum Gasteiger partial charge on any atom is 0 e. The molecule has 5 N–H and O–H groups in total. The third-order valence-corrected chi connectivity index (χ3v) is 0. The molecule has 0 aromatic rings. The Morgan fingerprint density at radius 1 is 1.10 bits per heavy atom. The molecule has 0 aliphatic rings. The van der Waals surface area contributed by atoms with Crippen LogP contribution in [-0.2, 0) is 37.8 Å². The van der Waals surface area contributed by atoms with Crippen molar-refractivity contribution < 1.29 is 58.0 Å². The van der Waals surface area contributed by atoms with Crippen molar-refractivity contribution in [3.8, 4) is 0 Å². The second kappa shape index (κ2) is 17.3. The van der Waals surface area contributed by atoms with Gasteiger partial charge in [0.05, 0.1) is 0 Å². The smallest absolute Gasteiger partial charge is 0 e. The number of hydrogen-bond acceptors (Lipinski definition) is 1. The van der Waals surface area contributed by atoms with Crippen LogP contribution in [0.4, 0.5) is 0 Å². The van der Waals surface area contributed by atoms with Crippen molar-refractivity contribution in [2.75, 3.05) is 0 Å². The summed E-state index contributed by atoms with van der Waals surface area (Å²) in [6.45, 7) is 0. The molecule has 0 unspecified atom stereocenters. The number of rotatable bonds is 0. The van der Waals surface area contributed by atoms with Crippen LogP contribution in [0.3, 0.4) is 0 Å². The normalized spacial score (nSPS) is 5.90. The molecule has 0 bridgehead atoms. The first kappa shape index (κ1) is 39.8. The Balaban J connectivity index is -0.00000000800. The van der Waals surface area contributed by atoms with Gasteiger partial charge in [0.25, 0.3) is 0 Å². The van der Waals surface area contributed by atoms with Crippen LogP contribution in [0.1, 0.15) is 0 Å². The molecule has 1 radical (unpaired) electrons. The molecule has 0 rings (SSSR count). The minimum Gasteiger partial charge on any atom is 0 e. The molecule has 0 fully saturated rings. The second-order valence-corrected chi connectivity index (χ2v) is 1.54. The molecular weight excluding hydrogens is 263 g/mol. The summed E-state index contributed by atoms with van der Waals surface area (Å²) in [4.78, 5) is 21.6. The van der Waals surface area contributed by atoms with Crippen molar-refractivity contribution in [1.82, 2.24) is 0 Å². The predicted octanol–water partition coefficient (Wildman–Crippen LogP) is -3.59. The number of hydrogen-bond donors (Lipinski definition) is 3. The molecule has 0 saturated carbocycles. The monoisotopic (exact) mass is 271 g/mol. The van der Waals surface area contributed by atoms with Gasteiger partial charge < -0.3 is 20.2 Å². The van der Waals surface area contributed by atoms with Gasteiger partial charge in [0.15, 0.2) is 17.4 Å². The van der Waals surface area contributed by atoms with Crippen molar-refractivity contribution in [1.29, 1.82) is 0 Å². The Morgan fingerprint density at radius 3 is 1.10 bits per heavy atom. The van der Waals surface area contributed by atoms with Crippen molar-refractivity contribution in [3.05, 3.63) is 0 Å². The van der Waals surface area contributed by atoms with Crippen LogP contribution in [-0.4, -0.2) is 56.4 Å². The van der Waals surface area contributed by atoms with E-state index in [0.29, 0.717) is 0 Å². The number of phosphoric acid groups is 1. The van der Waals surface area contributed by atoms with Crippen LogP contribution in [0, 0.1) is 0 Å². The van der Waals surface area contributed by atoms with Crippen LogP contribution < -0.4 is 0 Å². The summed E-state index contributed by atoms with van der Waals surface area (Å²) in [7, 11) is -4.64. The molecule has 0 heterocycles. The average Bonchev–Trinajstić information content (AvgIpc) is 0.722. The van der Waals surface area contributed by atoms with Gasteiger partial charge in [0, 0.05) is 33.3 Å². The fourth-order valence-corrected chi connectivity index (χ4v) is 0. The average molecular weight is 272 g/mol. The molecule has 0 aromatic carbocycles. The largest absolute Gasteiger partial charge is 0 e. The van der Waals surface area contributed by atoms with Gasteiger partial charge >= 0.3 is 26.7 Å². The van der Waals surface area contributed by atoms with E-state index in [1.54, 1.807) is 0 Å². The van der Waals surface area contributed by atoms with Crippen molar-refractivity contribution in [2.24, 2.45) is 0 Å². The van der Waals surface area contributed by atoms with Gasteiger partial charge in [0.1, 0.15) is 0 Å². The quantitative estimate of drug-likeness (QED) is 0.312. The van der Waals surface area contributed by atoms with Crippen LogP contribution in [0.25, 0.3) is 0 Å². The second-order valence-electron chi connectivity index (χ2n) is 0.513. The van der Waals surface area contributed by atoms with E-state index in [9.17, 15) is 0 Å². The molecule has 0 amide bonds. The van der Waals surface area contributed by atoms with Gasteiger partial charge in [-0.05, 0) is 0 Å². The van der Waals surface area contributed by atoms with Gasteiger partial charge in [-0.1, -0.05) is 0 Å². The predicted molar refractivity (Wildman–Crippen MR) is 35.0 cm³/mol. The molecule has 0 aromatic heterocycles. The molecule has 10 heteroatoms. The summed E-state index contributed by atoms with van der Waals surface area (Å²) < 4.78 is 8.88. The Bertz CT molecular complexity index is 67.8. The standard InChI is InChI=1S/Al.Co.Li.Ni.H3O4P.H2O.4H/c;;;;1-5(2,3)4;;;;;/h;;;;(H3,1,2,3,4);1H2;;;;. The van der Waals surface area contributed by atoms with Crippen LogP contribution >= 0.6 is 7.82 Å². The van der Waals surface area contributed by atoms with Crippen molar-refractivity contribution in [3.63, 3.8) is 0 Å². The molecule has 0 saturated heterocycles. The SMILES string of the molecule is O.O=P(O)(O)O.[AlH3].[Co].[LiH].[Ni]. The van der Waals surface area contributed by atoms with Gasteiger partial charge in [-0.3, -0.25) is 0 Å². The summed E-state index contributed by atoms with van der Waals surface area (Å²) in [5, 5.41) is 0. The van der Waals surface area contributed by atoms with Gasteiger partial charge in [-0.15, -0.1) is 0 Å². The minimum absolute atomic E-state index is 0. The summed E-state index contributed by atoms with van der Waals surface area (Å²) in [6.07, 6.45) is 0. The Labute approximate surface area is 101 Å². The first-order valence-electron chi connectivity index (χ1n) is 0.783. The molecule has 0 aliphatic carbocycles. The van der Waals surface area contributed by atoms with E-state index in [2.05, 4.69) is 0 Å². The molecule has 10 heavy (non-hydrogen) atoms. The maximum absolute atomic E-state index is 8.88. The zero-order chi connectivity index (χ0) is 4.50. The molecule has 67 valence electrons. The van der Waals surface area contributed by atoms with Gasteiger partial charge in [-0.25, -0.2) is 4.57 Å². The van der Waals surface area contributed by atoms with E-state index in [4.69, 9.17) is 19.2 Å². The van der Waals surface area contributed by atoms with E-state index in [1.165, 1.54) is 0 Å². The minimum atomic E-state index is -4.64. The Hall–Kier alpha value is 2.20. The van der Waals surface area contributed by atoms with Crippen LogP contribution in [0.15, 0.2) is 0 Å². The van der Waals surface area contributed by atoms with Crippen molar-refractivity contribution >= 4 is 44.0 Å². The summed E-state index contributed by atoms with van der Waals surface area (Å²) in [5.41, 5.74) is 0. The third kappa shape index (κ3) is 178. The first-order valence-corrected chi connectivity index (χ1v) is 2.35. The molecule has 0 atom stereocenters. The van der Waals surface area contributed by atoms with E-state index >= 15 is 0 Å². The Morgan fingerprint density at radius 2 is 1.10 bits per heavy atom. The van der Waals surface area contributed by atoms with E-state index in [1.807, 2.05) is 0 Å². The van der Waals surface area contributed by atoms with Crippen LogP contribution in [0.5, 0.6) is 0 Å². The summed E-state index contributed by atoms with van der Waals surface area (Å²) in [6, 6.07) is 0. The first-order chi connectivity index (χ1) is 2.00.